The Labute approximate surface area is 519 Å². The van der Waals surface area contributed by atoms with E-state index in [0.717, 1.165) is 0 Å². The summed E-state index contributed by atoms with van der Waals surface area (Å²) in [5.41, 5.74) is 0.390. The van der Waals surface area contributed by atoms with Gasteiger partial charge in [0.25, 0.3) is 0 Å². The van der Waals surface area contributed by atoms with Gasteiger partial charge in [-0.1, -0.05) is 0 Å². The number of carboxylic acid groups (broad SMARTS) is 1. The third kappa shape index (κ3) is 15.5. The molecule has 14 bridgehead atoms. The van der Waals surface area contributed by atoms with Gasteiger partial charge in [0.1, 0.15) is 177 Å². The molecular formula is C51H82N4O37. The molecule has 0 aromatic carbocycles. The van der Waals surface area contributed by atoms with Crippen molar-refractivity contribution in [3.05, 3.63) is 18.2 Å². The lowest BCUT2D eigenvalue weighted by Crippen LogP contribution is -2.68. The number of carboxylic acids is 1. The number of nitrogens with one attached hydrogen (secondary N) is 3. The highest BCUT2D eigenvalue weighted by molar-refractivity contribution is 5.83. The van der Waals surface area contributed by atoms with Gasteiger partial charge in [0, 0.05) is 37.8 Å². The van der Waals surface area contributed by atoms with Gasteiger partial charge >= 0.3 is 5.97 Å². The van der Waals surface area contributed by atoms with Gasteiger partial charge in [-0.2, -0.15) is 0 Å². The van der Waals surface area contributed by atoms with Gasteiger partial charge in [-0.05, 0) is 0 Å². The Bertz CT molecular complexity index is 2440. The standard InChI is InChI=1S/C51H82N4O37/c56-6-16-38-25(65)32(72)47(81-16)89-40-18(8-58)83-49(34(74)27(40)67)91-42-20(10-60)85-51(36(76)29(42)69)92-43-21(11-61)84-50(35(75)28(43)68)90-41-19(9-59)82-48(33(73)26(41)66)88-39-17(7-57)80-46(31(71)24(39)64)86-37-15(79-45(87-38)30(70)23(37)63)5-52-2-1-22(62)55-14(44(77)78)3-13-4-53-12-54-13/h4,12,14-21,23-43,45-52,56-61,63-76H,1-3,5-11H2,(H,53,54)(H,55,62)(H,77,78)/t14?,15-,16-,17-,18-,19-,20-,21-,23-,24-,25-,26-,27-,28-,29-,30-,31-,32-,33-,34-,35-,36-,37-,38-,39-,40-,41-,42-,43-,45-,46-,47-,48-,49-,50-,51-/m1/s1. The summed E-state index contributed by atoms with van der Waals surface area (Å²) >= 11 is 0. The van der Waals surface area contributed by atoms with E-state index in [1.165, 1.54) is 12.5 Å². The predicted octanol–water partition coefficient (Wildman–Crippen LogP) is -15.7. The maximum atomic E-state index is 13.0. The number of rotatable bonds is 15. The Morgan fingerprint density at radius 1 is 0.391 bits per heavy atom. The third-order valence-electron chi connectivity index (χ3n) is 17.1. The van der Waals surface area contributed by atoms with Gasteiger partial charge in [0.2, 0.25) is 5.91 Å². The predicted molar refractivity (Wildman–Crippen MR) is 281 cm³/mol. The molecule has 92 heavy (non-hydrogen) atoms. The average molecular weight is 1340 g/mol. The van der Waals surface area contributed by atoms with E-state index in [0.29, 0.717) is 5.69 Å². The topological polar surface area (TPSA) is 641 Å². The first-order chi connectivity index (χ1) is 43.9. The lowest BCUT2D eigenvalue weighted by atomic mass is 9.95. The number of carbonyl (C=O) groups is 2. The molecule has 1 aromatic heterocycles. The fourth-order valence-corrected chi connectivity index (χ4v) is 12.0. The second-order valence-electron chi connectivity index (χ2n) is 23.2. The zero-order valence-electron chi connectivity index (χ0n) is 48.4. The summed E-state index contributed by atoms with van der Waals surface area (Å²) in [6.45, 7) is -7.27. The molecule has 41 heteroatoms. The number of nitrogens with zero attached hydrogens (tertiary/aromatic N) is 1. The Balaban J connectivity index is 0.990. The number of H-pyrrole nitrogens is 1. The fourth-order valence-electron chi connectivity index (χ4n) is 12.0. The first-order valence-electron chi connectivity index (χ1n) is 29.4. The van der Waals surface area contributed by atoms with Crippen molar-refractivity contribution in [2.24, 2.45) is 0 Å². The number of ether oxygens (including phenoxy) is 14. The van der Waals surface area contributed by atoms with Crippen molar-refractivity contribution in [1.82, 2.24) is 20.6 Å². The Hall–Kier alpha value is -3.25. The number of carbonyl (C=O) groups excluding carboxylic acids is 1. The zero-order valence-corrected chi connectivity index (χ0v) is 48.4. The molecule has 22 heterocycles. The quantitative estimate of drug-likeness (QED) is 0.0725. The highest BCUT2D eigenvalue weighted by atomic mass is 16.8. The first-order valence-corrected chi connectivity index (χ1v) is 29.4. The summed E-state index contributed by atoms with van der Waals surface area (Å²) in [7, 11) is 0. The van der Waals surface area contributed by atoms with Gasteiger partial charge < -0.3 is 189 Å². The average Bonchev–Trinajstić information content (AvgIpc) is 0.836. The molecule has 36 atom stereocenters. The van der Waals surface area contributed by atoms with Crippen LogP contribution in [0.3, 0.4) is 0 Å². The summed E-state index contributed by atoms with van der Waals surface area (Å²) in [5, 5.41) is 239. The number of aromatic nitrogens is 2. The highest BCUT2D eigenvalue weighted by Gasteiger charge is 2.59. The van der Waals surface area contributed by atoms with Gasteiger partial charge in [-0.25, -0.2) is 9.78 Å². The van der Waals surface area contributed by atoms with E-state index in [1.54, 1.807) is 0 Å². The fraction of sp³-hybridized carbons (Fsp3) is 0.902. The molecule has 21 aliphatic heterocycles. The van der Waals surface area contributed by atoms with Crippen molar-refractivity contribution in [2.75, 3.05) is 52.7 Å². The zero-order chi connectivity index (χ0) is 66.7. The molecule has 24 N–H and O–H groups in total. The number of aliphatic hydroxyl groups excluding tert-OH is 20. The maximum absolute atomic E-state index is 13.0. The van der Waals surface area contributed by atoms with E-state index in [-0.39, 0.29) is 13.0 Å². The van der Waals surface area contributed by atoms with E-state index in [2.05, 4.69) is 20.6 Å². The normalized spacial score (nSPS) is 48.5. The van der Waals surface area contributed by atoms with Crippen LogP contribution in [0.25, 0.3) is 0 Å². The summed E-state index contributed by atoms with van der Waals surface area (Å²) in [5.74, 6) is -2.14. The molecule has 21 saturated heterocycles. The minimum absolute atomic E-state index is 0.170. The van der Waals surface area contributed by atoms with Crippen LogP contribution in [0.2, 0.25) is 0 Å². The first kappa shape index (κ1) is 73.0. The molecule has 41 nitrogen and oxygen atoms in total. The van der Waals surface area contributed by atoms with E-state index < -0.39 is 285 Å². The minimum Gasteiger partial charge on any atom is -0.480 e. The van der Waals surface area contributed by atoms with Crippen LogP contribution in [-0.2, 0) is 82.3 Å². The van der Waals surface area contributed by atoms with Crippen molar-refractivity contribution >= 4 is 11.9 Å². The van der Waals surface area contributed by atoms with Crippen molar-refractivity contribution < 1.29 is 183 Å². The van der Waals surface area contributed by atoms with Crippen LogP contribution in [0.5, 0.6) is 0 Å². The largest absolute Gasteiger partial charge is 0.480 e. The molecule has 0 saturated carbocycles. The van der Waals surface area contributed by atoms with Crippen molar-refractivity contribution in [2.45, 2.75) is 234 Å². The minimum atomic E-state index is -2.27. The SMILES string of the molecule is O=C(CCNC[C@H]1O[C@@H]2O[C@H]3[C@H](O)[C@@H](O)[C@@H](O[C@H]4[C@H](O)[C@@H](O)[C@@H](O[C@H]5[C@H](O)[C@@H](O)[C@@H](O[C@H]6[C@H](O)[C@@H](O)[C@@H](O[C@H]7[C@H](O)[C@@H](O)[C@@H](O[C@H]8[C@H](O)[C@@H](O)[C@@H](O[C@H]1[C@H](O)[C@H]2O)O[C@@H]8CO)O[C@@H]7CO)O[C@@H]6CO)O[C@@H]5CO)O[C@@H]4CO)O[C@@H]3CO)NC(Cc1cnc[nH]1)C(=O)O. The van der Waals surface area contributed by atoms with Crippen LogP contribution >= 0.6 is 0 Å². The highest BCUT2D eigenvalue weighted by Crippen LogP contribution is 2.39. The van der Waals surface area contributed by atoms with Crippen LogP contribution < -0.4 is 10.6 Å². The molecule has 0 aliphatic carbocycles. The second kappa shape index (κ2) is 32.0. The Kier molecular flexibility index (Phi) is 25.4. The molecule has 21 fully saturated rings. The molecule has 528 valence electrons. The van der Waals surface area contributed by atoms with Crippen LogP contribution in [0, 0.1) is 0 Å². The van der Waals surface area contributed by atoms with Crippen LogP contribution in [-0.4, -0.2) is 403 Å². The van der Waals surface area contributed by atoms with E-state index in [9.17, 15) is 117 Å². The third-order valence-corrected chi connectivity index (χ3v) is 17.1. The number of hydrogen-bond donors (Lipinski definition) is 24. The number of hydrogen-bond acceptors (Lipinski definition) is 38. The number of aliphatic hydroxyl groups is 20. The van der Waals surface area contributed by atoms with Gasteiger partial charge in [-0.15, -0.1) is 0 Å². The molecule has 21 aliphatic rings. The van der Waals surface area contributed by atoms with Gasteiger partial charge in [-0.3, -0.25) is 4.79 Å². The molecule has 0 radical (unpaired) electrons. The number of imidazole rings is 1. The van der Waals surface area contributed by atoms with Crippen molar-refractivity contribution in [3.63, 3.8) is 0 Å². The Morgan fingerprint density at radius 3 is 0.870 bits per heavy atom. The molecule has 0 spiro atoms. The van der Waals surface area contributed by atoms with Crippen LogP contribution in [0.1, 0.15) is 12.1 Å². The van der Waals surface area contributed by atoms with E-state index >= 15 is 0 Å². The summed E-state index contributed by atoms with van der Waals surface area (Å²) < 4.78 is 81.1. The monoisotopic (exact) mass is 1340 g/mol. The number of aliphatic carboxylic acids is 1. The van der Waals surface area contributed by atoms with E-state index in [4.69, 9.17) is 66.3 Å². The van der Waals surface area contributed by atoms with Crippen LogP contribution in [0.15, 0.2) is 12.5 Å². The molecule has 1 unspecified atom stereocenters. The van der Waals surface area contributed by atoms with Gasteiger partial charge in [0.05, 0.1) is 46.0 Å². The van der Waals surface area contributed by atoms with Gasteiger partial charge in [0.15, 0.2) is 44.0 Å². The second-order valence-corrected chi connectivity index (χ2v) is 23.2. The lowest BCUT2D eigenvalue weighted by molar-refractivity contribution is -0.396. The molecule has 1 aromatic rings. The summed E-state index contributed by atoms with van der Waals surface area (Å²) in [6.07, 6.45) is -69.6. The lowest BCUT2D eigenvalue weighted by Gasteiger charge is -2.50. The van der Waals surface area contributed by atoms with Crippen LogP contribution in [0.4, 0.5) is 0 Å². The van der Waals surface area contributed by atoms with E-state index in [1.807, 2.05) is 0 Å². The van der Waals surface area contributed by atoms with Crippen molar-refractivity contribution in [1.29, 1.82) is 0 Å². The summed E-state index contributed by atoms with van der Waals surface area (Å²) in [4.78, 5) is 31.6. The number of amides is 1. The summed E-state index contributed by atoms with van der Waals surface area (Å²) in [6, 6.07) is -1.40. The van der Waals surface area contributed by atoms with Crippen molar-refractivity contribution in [3.8, 4) is 0 Å². The molecule has 1 amide bonds. The smallest absolute Gasteiger partial charge is 0.326 e. The molecular weight excluding hydrogens is 1260 g/mol. The maximum Gasteiger partial charge on any atom is 0.326 e. The number of aromatic amines is 1. The Morgan fingerprint density at radius 2 is 0.641 bits per heavy atom. The molecule has 22 rings (SSSR count).